The second-order valence-corrected chi connectivity index (χ2v) is 6.24. The average molecular weight is 391 g/mol. The molecule has 0 unspecified atom stereocenters. The molecule has 0 atom stereocenters. The van der Waals surface area contributed by atoms with E-state index >= 15 is 0 Å². The third-order valence-electron chi connectivity index (χ3n) is 3.71. The number of guanidine groups is 1. The van der Waals surface area contributed by atoms with Crippen LogP contribution in [0.4, 0.5) is 0 Å². The fourth-order valence-electron chi connectivity index (χ4n) is 2.37. The molecule has 6 nitrogen and oxygen atoms in total. The summed E-state index contributed by atoms with van der Waals surface area (Å²) in [6.45, 7) is 5.28. The van der Waals surface area contributed by atoms with Crippen LogP contribution in [0.5, 0.6) is 5.75 Å². The van der Waals surface area contributed by atoms with Crippen molar-refractivity contribution >= 4 is 17.6 Å². The van der Waals surface area contributed by atoms with Crippen LogP contribution in [-0.4, -0.2) is 44.4 Å². The molecule has 0 amide bonds. The van der Waals surface area contributed by atoms with Crippen LogP contribution >= 0.6 is 11.6 Å². The number of nitrogens with one attached hydrogen (secondary N) is 2. The number of halogens is 1. The van der Waals surface area contributed by atoms with Crippen molar-refractivity contribution in [3.8, 4) is 5.75 Å². The van der Waals surface area contributed by atoms with Gasteiger partial charge in [-0.05, 0) is 42.7 Å². The van der Waals surface area contributed by atoms with Crippen molar-refractivity contribution in [2.24, 2.45) is 4.99 Å². The third-order valence-corrected chi connectivity index (χ3v) is 3.94. The molecule has 0 aliphatic carbocycles. The zero-order valence-electron chi connectivity index (χ0n) is 15.9. The smallest absolute Gasteiger partial charge is 0.191 e. The Balaban J connectivity index is 1.86. The second-order valence-electron chi connectivity index (χ2n) is 5.85. The summed E-state index contributed by atoms with van der Waals surface area (Å²) in [7, 11) is 1.66. The van der Waals surface area contributed by atoms with E-state index in [1.54, 1.807) is 19.4 Å². The van der Waals surface area contributed by atoms with Crippen LogP contribution < -0.4 is 15.4 Å². The third kappa shape index (κ3) is 8.28. The number of hydrogen-bond donors (Lipinski definition) is 2. The summed E-state index contributed by atoms with van der Waals surface area (Å²) < 4.78 is 10.6. The zero-order chi connectivity index (χ0) is 19.3. The second kappa shape index (κ2) is 12.1. The minimum Gasteiger partial charge on any atom is -0.491 e. The normalized spacial score (nSPS) is 11.3. The maximum absolute atomic E-state index is 5.81. The Morgan fingerprint density at radius 3 is 2.78 bits per heavy atom. The monoisotopic (exact) mass is 390 g/mol. The van der Waals surface area contributed by atoms with Gasteiger partial charge < -0.3 is 20.1 Å². The van der Waals surface area contributed by atoms with Crippen molar-refractivity contribution in [2.45, 2.75) is 19.9 Å². The highest BCUT2D eigenvalue weighted by Gasteiger charge is 2.01. The number of aliphatic imine (C=N–C) groups is 1. The Labute approximate surface area is 166 Å². The molecule has 1 aromatic carbocycles. The minimum absolute atomic E-state index is 0.509. The molecular formula is C20H27ClN4O2. The van der Waals surface area contributed by atoms with E-state index in [4.69, 9.17) is 21.1 Å². The Hall–Kier alpha value is -2.31. The standard InChI is InChI=1S/C20H27ClN4O2/c1-3-22-20(23-10-9-16-7-8-19(21)24-14-16)25-15-17-5-4-6-18(13-17)27-12-11-26-2/h4-8,13-14H,3,9-12,15H2,1-2H3,(H2,22,23,25). The number of pyridine rings is 1. The van der Waals surface area contributed by atoms with Gasteiger partial charge in [0.05, 0.1) is 13.2 Å². The molecule has 0 bridgehead atoms. The number of rotatable bonds is 10. The van der Waals surface area contributed by atoms with Crippen LogP contribution in [0, 0.1) is 0 Å². The van der Waals surface area contributed by atoms with Gasteiger partial charge in [0.2, 0.25) is 0 Å². The highest BCUT2D eigenvalue weighted by molar-refractivity contribution is 6.29. The van der Waals surface area contributed by atoms with Crippen molar-refractivity contribution < 1.29 is 9.47 Å². The first kappa shape index (κ1) is 21.0. The molecule has 0 radical (unpaired) electrons. The SMILES string of the molecule is CCNC(=NCc1cccc(OCCOC)c1)NCCc1ccc(Cl)nc1. The van der Waals surface area contributed by atoms with E-state index in [2.05, 4.69) is 20.6 Å². The van der Waals surface area contributed by atoms with Gasteiger partial charge in [0.1, 0.15) is 17.5 Å². The Morgan fingerprint density at radius 2 is 2.04 bits per heavy atom. The van der Waals surface area contributed by atoms with Crippen molar-refractivity contribution in [1.29, 1.82) is 0 Å². The topological polar surface area (TPSA) is 67.8 Å². The van der Waals surface area contributed by atoms with Gasteiger partial charge in [-0.15, -0.1) is 0 Å². The van der Waals surface area contributed by atoms with Crippen LogP contribution in [0.2, 0.25) is 5.15 Å². The Kier molecular flexibility index (Phi) is 9.44. The lowest BCUT2D eigenvalue weighted by atomic mass is 10.2. The molecule has 0 saturated heterocycles. The van der Waals surface area contributed by atoms with E-state index in [1.165, 1.54) is 0 Å². The number of methoxy groups -OCH3 is 1. The first-order valence-corrected chi connectivity index (χ1v) is 9.42. The lowest BCUT2D eigenvalue weighted by molar-refractivity contribution is 0.146. The van der Waals surface area contributed by atoms with Gasteiger partial charge in [-0.3, -0.25) is 0 Å². The van der Waals surface area contributed by atoms with Crippen LogP contribution in [0.3, 0.4) is 0 Å². The summed E-state index contributed by atoms with van der Waals surface area (Å²) >= 11 is 5.81. The lowest BCUT2D eigenvalue weighted by Crippen LogP contribution is -2.38. The van der Waals surface area contributed by atoms with Gasteiger partial charge in [0, 0.05) is 26.4 Å². The summed E-state index contributed by atoms with van der Waals surface area (Å²) in [6.07, 6.45) is 2.64. The first-order chi connectivity index (χ1) is 13.2. The molecule has 1 aromatic heterocycles. The van der Waals surface area contributed by atoms with Gasteiger partial charge in [-0.1, -0.05) is 29.8 Å². The molecule has 2 N–H and O–H groups in total. The van der Waals surface area contributed by atoms with Crippen LogP contribution in [0.25, 0.3) is 0 Å². The first-order valence-electron chi connectivity index (χ1n) is 9.04. The lowest BCUT2D eigenvalue weighted by Gasteiger charge is -2.12. The number of ether oxygens (including phenoxy) is 2. The largest absolute Gasteiger partial charge is 0.491 e. The maximum atomic E-state index is 5.81. The van der Waals surface area contributed by atoms with Gasteiger partial charge >= 0.3 is 0 Å². The quantitative estimate of drug-likeness (QED) is 0.282. The van der Waals surface area contributed by atoms with E-state index in [0.29, 0.717) is 24.9 Å². The number of benzene rings is 1. The predicted octanol–water partition coefficient (Wildman–Crippen LogP) is 3.06. The molecule has 7 heteroatoms. The van der Waals surface area contributed by atoms with E-state index in [0.717, 1.165) is 42.3 Å². The van der Waals surface area contributed by atoms with E-state index < -0.39 is 0 Å². The van der Waals surface area contributed by atoms with Gasteiger partial charge in [0.15, 0.2) is 5.96 Å². The summed E-state index contributed by atoms with van der Waals surface area (Å²) in [6, 6.07) is 11.7. The minimum atomic E-state index is 0.509. The molecular weight excluding hydrogens is 364 g/mol. The molecule has 0 aliphatic rings. The molecule has 0 aliphatic heterocycles. The zero-order valence-corrected chi connectivity index (χ0v) is 16.6. The maximum Gasteiger partial charge on any atom is 0.191 e. The van der Waals surface area contributed by atoms with Crippen molar-refractivity contribution in [3.63, 3.8) is 0 Å². The Morgan fingerprint density at radius 1 is 1.15 bits per heavy atom. The molecule has 0 saturated carbocycles. The fraction of sp³-hybridized carbons (Fsp3) is 0.400. The number of nitrogens with zero attached hydrogens (tertiary/aromatic N) is 2. The average Bonchev–Trinajstić information content (AvgIpc) is 2.68. The fourth-order valence-corrected chi connectivity index (χ4v) is 2.48. The van der Waals surface area contributed by atoms with Crippen molar-refractivity contribution in [2.75, 3.05) is 33.4 Å². The summed E-state index contributed by atoms with van der Waals surface area (Å²) in [5.74, 6) is 1.61. The summed E-state index contributed by atoms with van der Waals surface area (Å²) in [4.78, 5) is 8.74. The molecule has 2 aromatic rings. The van der Waals surface area contributed by atoms with Gasteiger partial charge in [0.25, 0.3) is 0 Å². The van der Waals surface area contributed by atoms with Gasteiger partial charge in [-0.25, -0.2) is 9.98 Å². The predicted molar refractivity (Wildman–Crippen MR) is 110 cm³/mol. The van der Waals surface area contributed by atoms with E-state index in [1.807, 2.05) is 37.3 Å². The van der Waals surface area contributed by atoms with Crippen molar-refractivity contribution in [1.82, 2.24) is 15.6 Å². The summed E-state index contributed by atoms with van der Waals surface area (Å²) in [5, 5.41) is 7.11. The Bertz CT molecular complexity index is 707. The molecule has 1 heterocycles. The van der Waals surface area contributed by atoms with Crippen LogP contribution in [0.15, 0.2) is 47.6 Å². The molecule has 0 spiro atoms. The molecule has 146 valence electrons. The number of hydrogen-bond acceptors (Lipinski definition) is 4. The highest BCUT2D eigenvalue weighted by Crippen LogP contribution is 2.14. The molecule has 0 fully saturated rings. The van der Waals surface area contributed by atoms with Crippen LogP contribution in [-0.2, 0) is 17.7 Å². The number of aromatic nitrogens is 1. The van der Waals surface area contributed by atoms with Gasteiger partial charge in [-0.2, -0.15) is 0 Å². The van der Waals surface area contributed by atoms with Crippen LogP contribution in [0.1, 0.15) is 18.1 Å². The van der Waals surface area contributed by atoms with E-state index in [9.17, 15) is 0 Å². The molecule has 27 heavy (non-hydrogen) atoms. The van der Waals surface area contributed by atoms with Crippen molar-refractivity contribution in [3.05, 3.63) is 58.9 Å². The van der Waals surface area contributed by atoms with E-state index in [-0.39, 0.29) is 0 Å². The highest BCUT2D eigenvalue weighted by atomic mass is 35.5. The molecule has 2 rings (SSSR count). The summed E-state index contributed by atoms with van der Waals surface area (Å²) in [5.41, 5.74) is 2.22.